The number of imide groups is 1. The van der Waals surface area contributed by atoms with Crippen molar-refractivity contribution in [3.05, 3.63) is 81.4 Å². The number of fused-ring (bicyclic) bond motifs is 7. The molecule has 37 nitrogen and oxygen atoms in total. The fourth-order valence-corrected chi connectivity index (χ4v) is 22.3. The van der Waals surface area contributed by atoms with Crippen molar-refractivity contribution < 1.29 is 105 Å². The third-order valence-corrected chi connectivity index (χ3v) is 30.1. The van der Waals surface area contributed by atoms with E-state index in [1.165, 1.54) is 17.0 Å². The Bertz CT molecular complexity index is 4420. The van der Waals surface area contributed by atoms with E-state index in [0.29, 0.717) is 174 Å². The molecule has 3 fully saturated rings. The highest BCUT2D eigenvalue weighted by molar-refractivity contribution is 6.01. The number of hydrogen-bond acceptors (Lipinski definition) is 27. The van der Waals surface area contributed by atoms with Crippen LogP contribution in [0.3, 0.4) is 0 Å². The molecule has 11 rings (SSSR count). The van der Waals surface area contributed by atoms with E-state index in [1.54, 1.807) is 19.9 Å². The summed E-state index contributed by atoms with van der Waals surface area (Å²) in [6, 6.07) is 8.49. The lowest BCUT2D eigenvalue weighted by atomic mass is 9.49. The Morgan fingerprint density at radius 2 is 1.12 bits per heavy atom. The number of anilines is 1. The Morgan fingerprint density at radius 1 is 0.543 bits per heavy atom. The number of ketones is 1. The van der Waals surface area contributed by atoms with Gasteiger partial charge in [-0.1, -0.05) is 79.4 Å². The van der Waals surface area contributed by atoms with Crippen molar-refractivity contribution >= 4 is 64.9 Å². The van der Waals surface area contributed by atoms with Crippen molar-refractivity contribution in [3.8, 4) is 5.75 Å². The lowest BCUT2D eigenvalue weighted by molar-refractivity contribution is -0.869. The maximum atomic E-state index is 15.1. The van der Waals surface area contributed by atoms with Gasteiger partial charge in [0.25, 0.3) is 0 Å². The predicted octanol–water partition coefficient (Wildman–Crippen LogP) is 7.58. The van der Waals surface area contributed by atoms with E-state index >= 15 is 4.79 Å². The number of nitrogens with one attached hydrogen (secondary N) is 12. The van der Waals surface area contributed by atoms with E-state index in [9.17, 15) is 48.3 Å². The van der Waals surface area contributed by atoms with Gasteiger partial charge < -0.3 is 111 Å². The zero-order chi connectivity index (χ0) is 98.8. The number of alkyl carbamates (subject to hydrolysis) is 1. The van der Waals surface area contributed by atoms with E-state index < -0.39 is 75.8 Å². The van der Waals surface area contributed by atoms with Crippen molar-refractivity contribution in [3.63, 3.8) is 0 Å². The number of carbonyl (C=O) groups excluding carboxylic acids is 10. The zero-order valence-corrected chi connectivity index (χ0v) is 83.8. The number of hydrazine groups is 4. The number of aromatic hydroxyl groups is 1. The summed E-state index contributed by atoms with van der Waals surface area (Å²) in [6.45, 7) is 20.0. The summed E-state index contributed by atoms with van der Waals surface area (Å²) in [5.41, 5.74) is 25.3. The first-order valence-corrected chi connectivity index (χ1v) is 51.0. The molecule has 3 saturated carbocycles. The van der Waals surface area contributed by atoms with E-state index in [-0.39, 0.29) is 131 Å². The fourth-order valence-electron chi connectivity index (χ4n) is 22.3. The number of likely N-dealkylation sites (N-methyl/N-ethyl adjacent to an activating group) is 1. The van der Waals surface area contributed by atoms with Crippen LogP contribution in [0.4, 0.5) is 15.3 Å². The van der Waals surface area contributed by atoms with Crippen molar-refractivity contribution in [2.24, 2.45) is 58.0 Å². The Balaban J connectivity index is 0.634. The van der Waals surface area contributed by atoms with Crippen LogP contribution in [0.15, 0.2) is 59.2 Å². The smallest absolute Gasteiger partial charge is 0.407 e. The molecule has 10 amide bonds. The minimum atomic E-state index is -1.13. The summed E-state index contributed by atoms with van der Waals surface area (Å²) in [4.78, 5) is 139. The number of quaternary nitrogens is 1. The van der Waals surface area contributed by atoms with E-state index in [2.05, 4.69) is 99.4 Å². The molecule has 2 aliphatic heterocycles. The molecule has 2 aromatic rings. The lowest BCUT2D eigenvalue weighted by Gasteiger charge is -2.56. The number of nitrogens with zero attached hydrogens (tertiary/aromatic N) is 3. The number of primary amides is 1. The van der Waals surface area contributed by atoms with Crippen molar-refractivity contribution in [1.29, 1.82) is 0 Å². The van der Waals surface area contributed by atoms with Gasteiger partial charge in [-0.05, 0) is 221 Å². The number of phenolic OH excluding ortho intramolecular Hbond substituents is 1. The molecule has 1 unspecified atom stereocenters. The van der Waals surface area contributed by atoms with Gasteiger partial charge in [-0.15, -0.1) is 11.1 Å². The first-order valence-electron chi connectivity index (χ1n) is 51.0. The number of aryl methyl sites for hydroxylation is 2. The average molecular weight is 1940 g/mol. The maximum Gasteiger partial charge on any atom is 0.407 e. The molecule has 15 N–H and O–H groups in total. The third-order valence-electron chi connectivity index (χ3n) is 30.1. The molecule has 0 spiro atoms. The molecule has 13 atom stereocenters. The highest BCUT2D eigenvalue weighted by atomic mass is 16.6. The van der Waals surface area contributed by atoms with Gasteiger partial charge in [-0.2, -0.15) is 0 Å². The number of carbonyl (C=O) groups is 10. The molecule has 138 heavy (non-hydrogen) atoms. The number of unbranched alkanes of at least 4 members (excludes halogenated alkanes) is 1. The molecule has 2 aromatic carbocycles. The van der Waals surface area contributed by atoms with Crippen molar-refractivity contribution in [2.45, 2.75) is 244 Å². The highest BCUT2D eigenvalue weighted by Gasteiger charge is 2.59. The Hall–Kier alpha value is -8.86. The second-order valence-corrected chi connectivity index (χ2v) is 41.3. The summed E-state index contributed by atoms with van der Waals surface area (Å²) >= 11 is 0. The van der Waals surface area contributed by atoms with Gasteiger partial charge in [-0.25, -0.2) is 9.59 Å². The van der Waals surface area contributed by atoms with Crippen LogP contribution >= 0.6 is 0 Å². The molecule has 37 heteroatoms. The SMILES string of the molecule is CC(C)[C@H](NC(=O)[C@@H](CCCCNC(=O)COC1CCCCCC2=C1NNN2CCOCCOCCOCCOCCC(=O)NCC[N+](C)(C)C)NC(=O)CCOCCOCCOCCOCCNC(=O)OC[C@@H]1[C@@H]2CCC3=C(CC[C@@H]21)NNN3C)C(=O)C[C@@H](CCCNC(N)=O)C(=O)Nc1ccc2c(c1)[C@@]1(C)CCC[C@](C)(C(=O)NC(=O)[C@@]3(C)CCC[C@]4(C)c5cc(O)ccc5CC[C@@H]34)[C@@H]1CC2. The monoisotopic (exact) mass is 1940 g/mol. The number of nitrogens with two attached hydrogens (primary N) is 1. The molecular weight excluding hydrogens is 1770 g/mol. The van der Waals surface area contributed by atoms with Gasteiger partial charge in [0.15, 0.2) is 5.78 Å². The van der Waals surface area contributed by atoms with Crippen molar-refractivity contribution in [1.82, 2.24) is 69.2 Å². The second kappa shape index (κ2) is 53.8. The first-order chi connectivity index (χ1) is 66.3. The minimum absolute atomic E-state index is 0.00771. The molecule has 7 aliphatic carbocycles. The standard InChI is InChI=1S/C101H162N16O21/c1-68(2)90(83(119)63-71(19-16-42-105-96(102)127)92(123)107-72-27-23-69-25-33-85-98(3,77(69)64-72)37-17-39-100(85,5)94(125)110-95(126)101(6)40-18-38-99(4)78-65-73(118)28-24-70(78)26-34-86(99)101)109-93(124)80(108-88(121)36-48-130-52-56-134-59-61-135-57-53-131-49-44-106-97(128)138-66-76-74-29-31-79-81(32-30-75(74)76)115(7)113-111-79)20-14-15-41-103-89(122)67-137-84-22-13-11-12-21-82-91(84)112-114-116(82)45-50-132-54-58-136-62-60-133-55-51-129-47-35-87(120)104-43-46-117(8,9)10/h23-24,27-28,64-65,68,71,74-76,80,84-86,90,111-114H,11-22,25-26,29-63,66-67H2,1-10H3,(H10-,102,103,104,105,106,107,108,109,110,118,120,121,122,123,124,125,126,127,128)/p+1/t71-,74+,75-,76+,80-,84?,85-,86-,90+,98-,99-,100+,101+/m1/s1. The Kier molecular flexibility index (Phi) is 42.7. The van der Waals surface area contributed by atoms with Crippen molar-refractivity contribution in [2.75, 3.05) is 192 Å². The van der Waals surface area contributed by atoms with Gasteiger partial charge in [-0.3, -0.25) is 53.7 Å². The summed E-state index contributed by atoms with van der Waals surface area (Å²) in [7, 11) is 8.26. The van der Waals surface area contributed by atoms with Crippen LogP contribution in [0, 0.1) is 52.3 Å². The first kappa shape index (κ1) is 110. The largest absolute Gasteiger partial charge is 0.508 e. The molecule has 0 radical (unpaired) electrons. The number of phenols is 1. The molecule has 9 aliphatic rings. The molecule has 0 bridgehead atoms. The third kappa shape index (κ3) is 31.8. The lowest BCUT2D eigenvalue weighted by Crippen LogP contribution is -2.60. The highest BCUT2D eigenvalue weighted by Crippen LogP contribution is 2.61. The van der Waals surface area contributed by atoms with Crippen LogP contribution in [0.5, 0.6) is 5.75 Å². The number of benzene rings is 2. The van der Waals surface area contributed by atoms with Gasteiger partial charge >= 0.3 is 12.1 Å². The predicted molar refractivity (Wildman–Crippen MR) is 518 cm³/mol. The number of ether oxygens (including phenoxy) is 10. The Labute approximate surface area is 815 Å². The van der Waals surface area contributed by atoms with Crippen LogP contribution < -0.4 is 70.2 Å². The quantitative estimate of drug-likeness (QED) is 0.0172. The fraction of sp³-hybridized carbons (Fsp3) is 0.743. The number of rotatable bonds is 58. The molecule has 0 aromatic heterocycles. The van der Waals surface area contributed by atoms with Gasteiger partial charge in [0.1, 0.15) is 24.5 Å². The summed E-state index contributed by atoms with van der Waals surface area (Å²) in [5.74, 6) is -2.68. The number of amides is 10. The summed E-state index contributed by atoms with van der Waals surface area (Å²) < 4.78 is 58.3. The second-order valence-electron chi connectivity index (χ2n) is 41.3. The number of urea groups is 1. The maximum absolute atomic E-state index is 15.1. The van der Waals surface area contributed by atoms with Crippen LogP contribution in [0.2, 0.25) is 0 Å². The minimum Gasteiger partial charge on any atom is -0.508 e. The van der Waals surface area contributed by atoms with Crippen LogP contribution in [0.25, 0.3) is 0 Å². The number of hydrogen-bond donors (Lipinski definition) is 14. The van der Waals surface area contributed by atoms with Crippen LogP contribution in [-0.2, 0) is 109 Å². The van der Waals surface area contributed by atoms with Gasteiger partial charge in [0.05, 0.1) is 187 Å². The molecule has 0 saturated heterocycles. The van der Waals surface area contributed by atoms with Crippen LogP contribution in [-0.4, -0.2) is 283 Å². The van der Waals surface area contributed by atoms with Gasteiger partial charge in [0.2, 0.25) is 41.4 Å². The zero-order valence-electron chi connectivity index (χ0n) is 83.8. The summed E-state index contributed by atoms with van der Waals surface area (Å²) in [5, 5.41) is 38.0. The number of Topliss-reactive ketones (excluding diaryl/α,β-unsaturated/α-hetero) is 1. The molecular formula is C101H163N16O21+. The Morgan fingerprint density at radius 3 is 1.75 bits per heavy atom. The molecule has 2 heterocycles. The topological polar surface area (TPSA) is 460 Å². The summed E-state index contributed by atoms with van der Waals surface area (Å²) in [6.07, 6.45) is 16.4. The van der Waals surface area contributed by atoms with E-state index in [0.717, 1.165) is 135 Å². The average Bonchev–Trinajstić information content (AvgIpc) is 0.972. The number of allylic oxidation sites excluding steroid dienone is 3. The van der Waals surface area contributed by atoms with E-state index in [1.807, 2.05) is 61.2 Å². The molecule has 772 valence electrons. The van der Waals surface area contributed by atoms with E-state index in [4.69, 9.17) is 53.1 Å². The van der Waals surface area contributed by atoms with Crippen LogP contribution in [0.1, 0.15) is 224 Å². The normalized spacial score (nSPS) is 24.3. The van der Waals surface area contributed by atoms with Gasteiger partial charge in [0, 0.05) is 63.2 Å².